The zero-order valence-corrected chi connectivity index (χ0v) is 12.8. The molecule has 2 aromatic rings. The smallest absolute Gasteiger partial charge is 0.126 e. The fraction of sp³-hybridized carbons (Fsp3) is 0.200. The van der Waals surface area contributed by atoms with Gasteiger partial charge < -0.3 is 5.32 Å². The van der Waals surface area contributed by atoms with E-state index in [4.69, 9.17) is 23.2 Å². The van der Waals surface area contributed by atoms with Gasteiger partial charge >= 0.3 is 0 Å². The number of thioether (sulfide) groups is 1. The van der Waals surface area contributed by atoms with Gasteiger partial charge in [-0.2, -0.15) is 0 Å². The second kappa shape index (κ2) is 5.84. The predicted octanol–water partition coefficient (Wildman–Crippen LogP) is 5.43. The van der Waals surface area contributed by atoms with Gasteiger partial charge in [0, 0.05) is 23.1 Å². The third kappa shape index (κ3) is 2.76. The van der Waals surface area contributed by atoms with E-state index in [1.54, 1.807) is 0 Å². The summed E-state index contributed by atoms with van der Waals surface area (Å²) in [5, 5.41) is 3.88. The zero-order chi connectivity index (χ0) is 14.1. The molecular formula is C15H12Cl2FNS. The van der Waals surface area contributed by atoms with Crippen molar-refractivity contribution in [1.82, 2.24) is 0 Å². The van der Waals surface area contributed by atoms with Crippen LogP contribution in [0.2, 0.25) is 10.0 Å². The molecule has 1 nitrogen and oxygen atoms in total. The number of benzene rings is 2. The molecule has 1 unspecified atom stereocenters. The van der Waals surface area contributed by atoms with Crippen molar-refractivity contribution in [3.05, 3.63) is 57.8 Å². The van der Waals surface area contributed by atoms with Gasteiger partial charge in [-0.15, -0.1) is 11.8 Å². The van der Waals surface area contributed by atoms with E-state index >= 15 is 0 Å². The Morgan fingerprint density at radius 2 is 1.90 bits per heavy atom. The van der Waals surface area contributed by atoms with E-state index in [2.05, 4.69) is 29.6 Å². The standard InChI is InChI=1S/C15H12Cl2FNS/c16-12-5-10(18)6-13(17)15(12)19-7-9-8-20-14-4-2-1-3-11(9)14/h1-6,9,19H,7-8H2. The van der Waals surface area contributed by atoms with Crippen LogP contribution in [-0.2, 0) is 0 Å². The summed E-state index contributed by atoms with van der Waals surface area (Å²) < 4.78 is 13.1. The second-order valence-electron chi connectivity index (χ2n) is 4.67. The first kappa shape index (κ1) is 14.1. The first-order chi connectivity index (χ1) is 9.65. The van der Waals surface area contributed by atoms with Crippen LogP contribution in [0.15, 0.2) is 41.3 Å². The number of fused-ring (bicyclic) bond motifs is 1. The lowest BCUT2D eigenvalue weighted by Gasteiger charge is -2.15. The highest BCUT2D eigenvalue weighted by Gasteiger charge is 2.22. The summed E-state index contributed by atoms with van der Waals surface area (Å²) in [6, 6.07) is 10.9. The van der Waals surface area contributed by atoms with Crippen LogP contribution >= 0.6 is 35.0 Å². The van der Waals surface area contributed by atoms with Crippen molar-refractivity contribution in [1.29, 1.82) is 0 Å². The minimum Gasteiger partial charge on any atom is -0.382 e. The van der Waals surface area contributed by atoms with Gasteiger partial charge in [0.25, 0.3) is 0 Å². The molecule has 0 spiro atoms. The zero-order valence-electron chi connectivity index (χ0n) is 10.5. The Morgan fingerprint density at radius 1 is 1.20 bits per heavy atom. The van der Waals surface area contributed by atoms with E-state index in [0.717, 1.165) is 12.3 Å². The Labute approximate surface area is 131 Å². The molecule has 0 amide bonds. The van der Waals surface area contributed by atoms with Crippen molar-refractivity contribution in [3.63, 3.8) is 0 Å². The summed E-state index contributed by atoms with van der Waals surface area (Å²) in [5.74, 6) is 1.02. The topological polar surface area (TPSA) is 12.0 Å². The monoisotopic (exact) mass is 327 g/mol. The second-order valence-corrected chi connectivity index (χ2v) is 6.55. The number of halogens is 3. The van der Waals surface area contributed by atoms with E-state index in [0.29, 0.717) is 21.7 Å². The molecule has 0 aromatic heterocycles. The molecule has 0 aliphatic carbocycles. The number of hydrogen-bond donors (Lipinski definition) is 1. The third-order valence-electron chi connectivity index (χ3n) is 3.33. The predicted molar refractivity (Wildman–Crippen MR) is 84.8 cm³/mol. The maximum atomic E-state index is 13.1. The molecule has 5 heteroatoms. The van der Waals surface area contributed by atoms with E-state index in [-0.39, 0.29) is 0 Å². The Bertz CT molecular complexity index is 625. The molecule has 0 bridgehead atoms. The molecule has 104 valence electrons. The fourth-order valence-corrected chi connectivity index (χ4v) is 4.18. The van der Waals surface area contributed by atoms with Crippen LogP contribution in [0.25, 0.3) is 0 Å². The van der Waals surface area contributed by atoms with Crippen molar-refractivity contribution >= 4 is 40.7 Å². The van der Waals surface area contributed by atoms with E-state index < -0.39 is 5.82 Å². The first-order valence-electron chi connectivity index (χ1n) is 6.25. The lowest BCUT2D eigenvalue weighted by Crippen LogP contribution is -2.12. The van der Waals surface area contributed by atoms with Crippen molar-refractivity contribution in [2.45, 2.75) is 10.8 Å². The highest BCUT2D eigenvalue weighted by molar-refractivity contribution is 7.99. The van der Waals surface area contributed by atoms with E-state index in [1.807, 2.05) is 11.8 Å². The molecule has 1 atom stereocenters. The van der Waals surface area contributed by atoms with Crippen LogP contribution < -0.4 is 5.32 Å². The SMILES string of the molecule is Fc1cc(Cl)c(NCC2CSc3ccccc32)c(Cl)c1. The average Bonchev–Trinajstić information content (AvgIpc) is 2.81. The van der Waals surface area contributed by atoms with Gasteiger partial charge in [0.2, 0.25) is 0 Å². The molecule has 0 radical (unpaired) electrons. The van der Waals surface area contributed by atoms with Gasteiger partial charge in [-0.3, -0.25) is 0 Å². The molecule has 0 saturated carbocycles. The molecule has 0 saturated heterocycles. The molecule has 1 aliphatic heterocycles. The van der Waals surface area contributed by atoms with Gasteiger partial charge in [-0.05, 0) is 23.8 Å². The summed E-state index contributed by atoms with van der Waals surface area (Å²) in [6.07, 6.45) is 0. The van der Waals surface area contributed by atoms with Gasteiger partial charge in [-0.25, -0.2) is 4.39 Å². The normalized spacial score (nSPS) is 17.1. The maximum Gasteiger partial charge on any atom is 0.126 e. The Balaban J connectivity index is 1.76. The third-order valence-corrected chi connectivity index (χ3v) is 5.18. The summed E-state index contributed by atoms with van der Waals surface area (Å²) in [5.41, 5.74) is 1.95. The van der Waals surface area contributed by atoms with Crippen LogP contribution in [0.4, 0.5) is 10.1 Å². The largest absolute Gasteiger partial charge is 0.382 e. The van der Waals surface area contributed by atoms with Crippen molar-refractivity contribution in [2.24, 2.45) is 0 Å². The summed E-state index contributed by atoms with van der Waals surface area (Å²) >= 11 is 13.9. The van der Waals surface area contributed by atoms with Crippen molar-refractivity contribution in [3.8, 4) is 0 Å². The average molecular weight is 328 g/mol. The Morgan fingerprint density at radius 3 is 2.65 bits per heavy atom. The van der Waals surface area contributed by atoms with E-state index in [9.17, 15) is 4.39 Å². The number of anilines is 1. The highest BCUT2D eigenvalue weighted by Crippen LogP contribution is 2.40. The molecule has 1 N–H and O–H groups in total. The minimum absolute atomic E-state index is 0.314. The fourth-order valence-electron chi connectivity index (χ4n) is 2.33. The quantitative estimate of drug-likeness (QED) is 0.806. The van der Waals surface area contributed by atoms with Gasteiger partial charge in [0.05, 0.1) is 15.7 Å². The van der Waals surface area contributed by atoms with Crippen molar-refractivity contribution in [2.75, 3.05) is 17.6 Å². The molecule has 1 heterocycles. The first-order valence-corrected chi connectivity index (χ1v) is 7.99. The number of hydrogen-bond acceptors (Lipinski definition) is 2. The van der Waals surface area contributed by atoms with Gasteiger partial charge in [-0.1, -0.05) is 41.4 Å². The van der Waals surface area contributed by atoms with Crippen LogP contribution in [-0.4, -0.2) is 12.3 Å². The van der Waals surface area contributed by atoms with Gasteiger partial charge in [0.1, 0.15) is 5.82 Å². The lowest BCUT2D eigenvalue weighted by atomic mass is 10.0. The number of nitrogens with one attached hydrogen (secondary N) is 1. The Kier molecular flexibility index (Phi) is 4.11. The molecule has 20 heavy (non-hydrogen) atoms. The highest BCUT2D eigenvalue weighted by atomic mass is 35.5. The molecule has 2 aromatic carbocycles. The molecule has 1 aliphatic rings. The van der Waals surface area contributed by atoms with E-state index in [1.165, 1.54) is 22.6 Å². The minimum atomic E-state index is -0.424. The van der Waals surface area contributed by atoms with Crippen LogP contribution in [0.5, 0.6) is 0 Å². The molecule has 0 fully saturated rings. The maximum absolute atomic E-state index is 13.1. The molecular weight excluding hydrogens is 316 g/mol. The summed E-state index contributed by atoms with van der Waals surface area (Å²) in [7, 11) is 0. The summed E-state index contributed by atoms with van der Waals surface area (Å²) in [4.78, 5) is 1.33. The lowest BCUT2D eigenvalue weighted by molar-refractivity contribution is 0.628. The van der Waals surface area contributed by atoms with Crippen LogP contribution in [0.1, 0.15) is 11.5 Å². The van der Waals surface area contributed by atoms with Crippen LogP contribution in [0.3, 0.4) is 0 Å². The van der Waals surface area contributed by atoms with Crippen LogP contribution in [0, 0.1) is 5.82 Å². The van der Waals surface area contributed by atoms with Gasteiger partial charge in [0.15, 0.2) is 0 Å². The van der Waals surface area contributed by atoms with Crippen molar-refractivity contribution < 1.29 is 4.39 Å². The Hall–Kier alpha value is -0.900. The molecule has 3 rings (SSSR count). The summed E-state index contributed by atoms with van der Waals surface area (Å²) in [6.45, 7) is 0.731. The number of rotatable bonds is 3.